The lowest BCUT2D eigenvalue weighted by Crippen LogP contribution is -2.54. The molecule has 0 heterocycles. The first-order valence-electron chi connectivity index (χ1n) is 6.58. The molecule has 0 saturated heterocycles. The first kappa shape index (κ1) is 15.3. The quantitative estimate of drug-likeness (QED) is 0.892. The van der Waals surface area contributed by atoms with E-state index in [4.69, 9.17) is 5.73 Å². The Bertz CT molecular complexity index is 584. The van der Waals surface area contributed by atoms with Gasteiger partial charge in [-0.25, -0.2) is 21.9 Å². The second-order valence-electron chi connectivity index (χ2n) is 5.23. The first-order chi connectivity index (χ1) is 9.38. The highest BCUT2D eigenvalue weighted by atomic mass is 32.2. The van der Waals surface area contributed by atoms with Gasteiger partial charge < -0.3 is 5.73 Å². The molecular formula is C13H18F2N2O2S. The summed E-state index contributed by atoms with van der Waals surface area (Å²) in [7, 11) is -4.05. The molecule has 1 aromatic carbocycles. The van der Waals surface area contributed by atoms with Gasteiger partial charge in [-0.1, -0.05) is 19.3 Å². The minimum absolute atomic E-state index is 0.162. The summed E-state index contributed by atoms with van der Waals surface area (Å²) in [6.45, 7) is 0.162. The largest absolute Gasteiger partial charge is 0.329 e. The van der Waals surface area contributed by atoms with E-state index in [-0.39, 0.29) is 6.54 Å². The number of hydrogen-bond donors (Lipinski definition) is 2. The van der Waals surface area contributed by atoms with Crippen molar-refractivity contribution in [3.63, 3.8) is 0 Å². The number of nitrogens with two attached hydrogens (primary N) is 1. The van der Waals surface area contributed by atoms with Gasteiger partial charge in [0.05, 0.1) is 0 Å². The van der Waals surface area contributed by atoms with Gasteiger partial charge in [0.2, 0.25) is 10.0 Å². The van der Waals surface area contributed by atoms with Crippen molar-refractivity contribution >= 4 is 10.0 Å². The zero-order chi connectivity index (χ0) is 14.8. The van der Waals surface area contributed by atoms with Gasteiger partial charge in [-0.15, -0.1) is 0 Å². The summed E-state index contributed by atoms with van der Waals surface area (Å²) in [5, 5.41) is 0. The topological polar surface area (TPSA) is 72.2 Å². The average Bonchev–Trinajstić information content (AvgIpc) is 2.38. The molecule has 1 aliphatic rings. The zero-order valence-corrected chi connectivity index (χ0v) is 11.8. The van der Waals surface area contributed by atoms with Gasteiger partial charge in [0, 0.05) is 18.2 Å². The molecule has 1 aromatic rings. The minimum Gasteiger partial charge on any atom is -0.329 e. The van der Waals surface area contributed by atoms with Crippen LogP contribution in [0.4, 0.5) is 8.78 Å². The number of nitrogens with one attached hydrogen (secondary N) is 1. The molecule has 0 aromatic heterocycles. The van der Waals surface area contributed by atoms with Gasteiger partial charge in [-0.05, 0) is 25.0 Å². The van der Waals surface area contributed by atoms with Gasteiger partial charge in [0.15, 0.2) is 0 Å². The summed E-state index contributed by atoms with van der Waals surface area (Å²) in [5.74, 6) is -1.91. The molecule has 0 radical (unpaired) electrons. The summed E-state index contributed by atoms with van der Waals surface area (Å²) in [6.07, 6.45) is 4.06. The molecule has 112 valence electrons. The summed E-state index contributed by atoms with van der Waals surface area (Å²) < 4.78 is 53.6. The third kappa shape index (κ3) is 3.16. The van der Waals surface area contributed by atoms with Crippen LogP contribution in [0.3, 0.4) is 0 Å². The van der Waals surface area contributed by atoms with Gasteiger partial charge in [0.1, 0.15) is 16.5 Å². The number of benzene rings is 1. The number of halogens is 2. The highest BCUT2D eigenvalue weighted by Gasteiger charge is 2.36. The van der Waals surface area contributed by atoms with Crippen LogP contribution in [-0.4, -0.2) is 20.5 Å². The second-order valence-corrected chi connectivity index (χ2v) is 6.88. The highest BCUT2D eigenvalue weighted by Crippen LogP contribution is 2.29. The predicted octanol–water partition coefficient (Wildman–Crippen LogP) is 1.90. The maximum Gasteiger partial charge on any atom is 0.244 e. The average molecular weight is 304 g/mol. The Hall–Kier alpha value is -1.05. The van der Waals surface area contributed by atoms with E-state index >= 15 is 0 Å². The Morgan fingerprint density at radius 1 is 1.20 bits per heavy atom. The van der Waals surface area contributed by atoms with E-state index in [1.807, 2.05) is 0 Å². The van der Waals surface area contributed by atoms with E-state index in [2.05, 4.69) is 4.72 Å². The summed E-state index contributed by atoms with van der Waals surface area (Å²) in [5.41, 5.74) is 4.98. The number of sulfonamides is 1. The molecule has 0 aliphatic heterocycles. The Labute approximate surface area is 117 Å². The van der Waals surface area contributed by atoms with E-state index in [1.165, 1.54) is 0 Å². The van der Waals surface area contributed by atoms with Crippen molar-refractivity contribution in [2.45, 2.75) is 42.5 Å². The van der Waals surface area contributed by atoms with Gasteiger partial charge >= 0.3 is 0 Å². The van der Waals surface area contributed by atoms with E-state index in [1.54, 1.807) is 0 Å². The molecule has 0 atom stereocenters. The van der Waals surface area contributed by atoms with E-state index in [9.17, 15) is 17.2 Å². The Morgan fingerprint density at radius 2 is 1.85 bits per heavy atom. The van der Waals surface area contributed by atoms with Crippen molar-refractivity contribution in [2.75, 3.05) is 6.54 Å². The fraction of sp³-hybridized carbons (Fsp3) is 0.538. The van der Waals surface area contributed by atoms with Crippen LogP contribution in [0.25, 0.3) is 0 Å². The number of hydrogen-bond acceptors (Lipinski definition) is 3. The molecule has 7 heteroatoms. The Kier molecular flexibility index (Phi) is 4.41. The van der Waals surface area contributed by atoms with E-state index in [0.717, 1.165) is 31.4 Å². The van der Waals surface area contributed by atoms with Crippen LogP contribution in [0.15, 0.2) is 23.1 Å². The summed E-state index contributed by atoms with van der Waals surface area (Å²) in [6, 6.07) is 2.41. The third-order valence-corrected chi connectivity index (χ3v) is 5.35. The second kappa shape index (κ2) is 5.75. The highest BCUT2D eigenvalue weighted by molar-refractivity contribution is 7.89. The van der Waals surface area contributed by atoms with Crippen molar-refractivity contribution in [3.8, 4) is 0 Å². The van der Waals surface area contributed by atoms with Crippen LogP contribution in [0.5, 0.6) is 0 Å². The lowest BCUT2D eigenvalue weighted by atomic mass is 9.83. The van der Waals surface area contributed by atoms with Gasteiger partial charge in [-0.2, -0.15) is 0 Å². The monoisotopic (exact) mass is 304 g/mol. The summed E-state index contributed by atoms with van der Waals surface area (Å²) in [4.78, 5) is -0.544. The molecule has 0 unspecified atom stereocenters. The fourth-order valence-corrected chi connectivity index (χ4v) is 4.14. The predicted molar refractivity (Wildman–Crippen MR) is 71.5 cm³/mol. The molecule has 3 N–H and O–H groups in total. The van der Waals surface area contributed by atoms with Crippen LogP contribution >= 0.6 is 0 Å². The third-order valence-electron chi connectivity index (χ3n) is 3.74. The molecule has 1 fully saturated rings. The zero-order valence-electron chi connectivity index (χ0n) is 11.0. The van der Waals surface area contributed by atoms with Gasteiger partial charge in [-0.3, -0.25) is 0 Å². The van der Waals surface area contributed by atoms with Crippen molar-refractivity contribution in [2.24, 2.45) is 5.73 Å². The van der Waals surface area contributed by atoms with Crippen molar-refractivity contribution in [3.05, 3.63) is 29.8 Å². The minimum atomic E-state index is -4.05. The van der Waals surface area contributed by atoms with Gasteiger partial charge in [0.25, 0.3) is 0 Å². The first-order valence-corrected chi connectivity index (χ1v) is 8.06. The molecule has 20 heavy (non-hydrogen) atoms. The maximum absolute atomic E-state index is 13.6. The van der Waals surface area contributed by atoms with Crippen molar-refractivity contribution < 1.29 is 17.2 Å². The van der Waals surface area contributed by atoms with E-state index < -0.39 is 32.1 Å². The lowest BCUT2D eigenvalue weighted by Gasteiger charge is -2.36. The van der Waals surface area contributed by atoms with Crippen LogP contribution in [-0.2, 0) is 10.0 Å². The van der Waals surface area contributed by atoms with Crippen LogP contribution in [0, 0.1) is 11.6 Å². The SMILES string of the molecule is NCC1(NS(=O)(=O)c2ccc(F)cc2F)CCCCC1. The molecule has 0 spiro atoms. The molecular weight excluding hydrogens is 286 g/mol. The van der Waals surface area contributed by atoms with Crippen molar-refractivity contribution in [1.82, 2.24) is 4.72 Å². The molecule has 1 aliphatic carbocycles. The Morgan fingerprint density at radius 3 is 2.40 bits per heavy atom. The molecule has 0 bridgehead atoms. The van der Waals surface area contributed by atoms with Crippen LogP contribution in [0.1, 0.15) is 32.1 Å². The maximum atomic E-state index is 13.6. The molecule has 4 nitrogen and oxygen atoms in total. The lowest BCUT2D eigenvalue weighted by molar-refractivity contribution is 0.276. The Balaban J connectivity index is 2.30. The molecule has 1 saturated carbocycles. The van der Waals surface area contributed by atoms with E-state index in [0.29, 0.717) is 18.9 Å². The summed E-state index contributed by atoms with van der Waals surface area (Å²) >= 11 is 0. The fourth-order valence-electron chi connectivity index (χ4n) is 2.61. The normalized spacial score (nSPS) is 18.9. The standard InChI is InChI=1S/C13H18F2N2O2S/c14-10-4-5-12(11(15)8-10)20(18,19)17-13(9-16)6-2-1-3-7-13/h4-5,8,17H,1-3,6-7,9,16H2. The van der Waals surface area contributed by atoms with Crippen LogP contribution in [0.2, 0.25) is 0 Å². The molecule has 2 rings (SSSR count). The molecule has 0 amide bonds. The van der Waals surface area contributed by atoms with Crippen LogP contribution < -0.4 is 10.5 Å². The van der Waals surface area contributed by atoms with Crippen molar-refractivity contribution in [1.29, 1.82) is 0 Å². The smallest absolute Gasteiger partial charge is 0.244 e. The number of rotatable bonds is 4.